The van der Waals surface area contributed by atoms with Crippen molar-refractivity contribution in [2.24, 2.45) is 0 Å². The largest absolute Gasteiger partial charge is 0.466 e. The van der Waals surface area contributed by atoms with Gasteiger partial charge in [-0.1, -0.05) is 6.07 Å². The molecule has 2 heterocycles. The molecule has 1 unspecified atom stereocenters. The molecule has 0 aliphatic rings. The summed E-state index contributed by atoms with van der Waals surface area (Å²) in [7, 11) is 1.27. The van der Waals surface area contributed by atoms with Crippen molar-refractivity contribution < 1.29 is 14.6 Å². The van der Waals surface area contributed by atoms with E-state index in [1.807, 2.05) is 5.38 Å². The SMILES string of the molecule is COC(=O)C(O)(c1cccs1)c1ccc(Br)s1. The molecule has 90 valence electrons. The third kappa shape index (κ3) is 2.18. The van der Waals surface area contributed by atoms with Crippen LogP contribution in [0.15, 0.2) is 33.4 Å². The maximum atomic E-state index is 11.9. The molecule has 0 aliphatic heterocycles. The van der Waals surface area contributed by atoms with Crippen molar-refractivity contribution in [2.45, 2.75) is 5.60 Å². The third-order valence-corrected chi connectivity index (χ3v) is 5.00. The molecule has 6 heteroatoms. The first-order valence-corrected chi connectivity index (χ1v) is 7.18. The number of hydrogen-bond donors (Lipinski definition) is 1. The van der Waals surface area contributed by atoms with Crippen LogP contribution in [0, 0.1) is 0 Å². The fourth-order valence-electron chi connectivity index (χ4n) is 1.46. The Morgan fingerprint density at radius 1 is 1.41 bits per heavy atom. The highest BCUT2D eigenvalue weighted by atomic mass is 79.9. The highest BCUT2D eigenvalue weighted by molar-refractivity contribution is 9.11. The normalized spacial score (nSPS) is 14.3. The van der Waals surface area contributed by atoms with Crippen LogP contribution in [0.4, 0.5) is 0 Å². The van der Waals surface area contributed by atoms with Crippen molar-refractivity contribution in [3.63, 3.8) is 0 Å². The number of esters is 1. The van der Waals surface area contributed by atoms with Gasteiger partial charge in [0.1, 0.15) is 0 Å². The summed E-state index contributed by atoms with van der Waals surface area (Å²) >= 11 is 5.94. The Morgan fingerprint density at radius 2 is 2.18 bits per heavy atom. The van der Waals surface area contributed by atoms with E-state index in [1.165, 1.54) is 29.8 Å². The summed E-state index contributed by atoms with van der Waals surface area (Å²) in [5.74, 6) is -0.672. The second-order valence-electron chi connectivity index (χ2n) is 3.28. The van der Waals surface area contributed by atoms with Crippen molar-refractivity contribution >= 4 is 44.6 Å². The number of halogens is 1. The Morgan fingerprint density at radius 3 is 2.65 bits per heavy atom. The summed E-state index contributed by atoms with van der Waals surface area (Å²) in [6.45, 7) is 0. The molecule has 2 aromatic heterocycles. The molecule has 0 aliphatic carbocycles. The van der Waals surface area contributed by atoms with E-state index < -0.39 is 11.6 Å². The topological polar surface area (TPSA) is 46.5 Å². The Labute approximate surface area is 115 Å². The van der Waals surface area contributed by atoms with E-state index in [0.29, 0.717) is 9.75 Å². The second-order valence-corrected chi connectivity index (χ2v) is 6.69. The Kier molecular flexibility index (Phi) is 3.67. The zero-order chi connectivity index (χ0) is 12.5. The average Bonchev–Trinajstić information content (AvgIpc) is 2.97. The van der Waals surface area contributed by atoms with Gasteiger partial charge >= 0.3 is 5.97 Å². The minimum atomic E-state index is -1.71. The minimum Gasteiger partial charge on any atom is -0.466 e. The van der Waals surface area contributed by atoms with Gasteiger partial charge in [-0.05, 0) is 39.5 Å². The molecule has 0 amide bonds. The summed E-state index contributed by atoms with van der Waals surface area (Å²) in [6, 6.07) is 7.01. The lowest BCUT2D eigenvalue weighted by molar-refractivity contribution is -0.158. The highest BCUT2D eigenvalue weighted by Gasteiger charge is 2.43. The van der Waals surface area contributed by atoms with Gasteiger partial charge in [-0.2, -0.15) is 0 Å². The summed E-state index contributed by atoms with van der Waals surface area (Å²) in [5, 5.41) is 12.5. The van der Waals surface area contributed by atoms with Crippen LogP contribution in [-0.2, 0) is 15.1 Å². The van der Waals surface area contributed by atoms with E-state index in [0.717, 1.165) is 3.79 Å². The van der Waals surface area contributed by atoms with Crippen LogP contribution in [-0.4, -0.2) is 18.2 Å². The summed E-state index contributed by atoms with van der Waals surface area (Å²) in [6.07, 6.45) is 0. The van der Waals surface area contributed by atoms with Gasteiger partial charge in [0, 0.05) is 0 Å². The van der Waals surface area contributed by atoms with E-state index in [-0.39, 0.29) is 0 Å². The number of rotatable bonds is 3. The average molecular weight is 333 g/mol. The van der Waals surface area contributed by atoms with Gasteiger partial charge in [0.25, 0.3) is 0 Å². The fourth-order valence-corrected chi connectivity index (χ4v) is 3.83. The van der Waals surface area contributed by atoms with Crippen molar-refractivity contribution in [1.82, 2.24) is 0 Å². The van der Waals surface area contributed by atoms with Gasteiger partial charge in [0.05, 0.1) is 20.7 Å². The second kappa shape index (κ2) is 4.89. The number of thiophene rings is 2. The van der Waals surface area contributed by atoms with Crippen LogP contribution in [0.25, 0.3) is 0 Å². The molecule has 0 bridgehead atoms. The van der Waals surface area contributed by atoms with Crippen molar-refractivity contribution in [2.75, 3.05) is 7.11 Å². The molecular weight excluding hydrogens is 324 g/mol. The Bertz CT molecular complexity index is 521. The molecule has 2 rings (SSSR count). The van der Waals surface area contributed by atoms with Crippen LogP contribution in [0.3, 0.4) is 0 Å². The molecule has 17 heavy (non-hydrogen) atoms. The van der Waals surface area contributed by atoms with Crippen molar-refractivity contribution in [3.05, 3.63) is 43.2 Å². The quantitative estimate of drug-likeness (QED) is 0.879. The van der Waals surface area contributed by atoms with E-state index in [4.69, 9.17) is 4.74 Å². The zero-order valence-electron chi connectivity index (χ0n) is 8.84. The van der Waals surface area contributed by atoms with Gasteiger partial charge in [-0.25, -0.2) is 4.79 Å². The number of hydrogen-bond acceptors (Lipinski definition) is 5. The smallest absolute Gasteiger partial charge is 0.349 e. The minimum absolute atomic E-state index is 0.540. The lowest BCUT2D eigenvalue weighted by Crippen LogP contribution is -2.36. The van der Waals surface area contributed by atoms with Gasteiger partial charge in [0.15, 0.2) is 0 Å². The maximum Gasteiger partial charge on any atom is 0.349 e. The maximum absolute atomic E-state index is 11.9. The van der Waals surface area contributed by atoms with Crippen LogP contribution in [0.5, 0.6) is 0 Å². The first-order valence-electron chi connectivity index (χ1n) is 4.69. The molecule has 1 atom stereocenters. The first-order chi connectivity index (χ1) is 8.09. The third-order valence-electron chi connectivity index (χ3n) is 2.29. The van der Waals surface area contributed by atoms with Crippen molar-refractivity contribution in [1.29, 1.82) is 0 Å². The van der Waals surface area contributed by atoms with Crippen molar-refractivity contribution in [3.8, 4) is 0 Å². The van der Waals surface area contributed by atoms with Crippen LogP contribution >= 0.6 is 38.6 Å². The van der Waals surface area contributed by atoms with Gasteiger partial charge in [0.2, 0.25) is 5.60 Å². The molecular formula is C11H9BrO3S2. The first kappa shape index (κ1) is 12.8. The molecule has 2 aromatic rings. The molecule has 1 N–H and O–H groups in total. The molecule has 0 radical (unpaired) electrons. The summed E-state index contributed by atoms with van der Waals surface area (Å²) < 4.78 is 5.57. The Balaban J connectivity index is 2.55. The fraction of sp³-hybridized carbons (Fsp3) is 0.182. The summed E-state index contributed by atoms with van der Waals surface area (Å²) in [5.41, 5.74) is -1.71. The number of aliphatic hydroxyl groups is 1. The number of methoxy groups -OCH3 is 1. The molecule has 0 spiro atoms. The van der Waals surface area contributed by atoms with E-state index in [1.54, 1.807) is 24.3 Å². The lowest BCUT2D eigenvalue weighted by atomic mass is 10.0. The van der Waals surface area contributed by atoms with E-state index >= 15 is 0 Å². The standard InChI is InChI=1S/C11H9BrO3S2/c1-15-10(13)11(14,7-3-2-6-16-7)8-4-5-9(12)17-8/h2-6,14H,1H3. The number of ether oxygens (including phenoxy) is 1. The molecule has 0 aromatic carbocycles. The molecule has 0 fully saturated rings. The van der Waals surface area contributed by atoms with Gasteiger partial charge in [-0.15, -0.1) is 22.7 Å². The monoisotopic (exact) mass is 332 g/mol. The Hall–Kier alpha value is -0.690. The van der Waals surface area contributed by atoms with E-state index in [9.17, 15) is 9.90 Å². The van der Waals surface area contributed by atoms with Crippen LogP contribution < -0.4 is 0 Å². The predicted molar refractivity (Wildman–Crippen MR) is 71.4 cm³/mol. The predicted octanol–water partition coefficient (Wildman–Crippen LogP) is 2.98. The zero-order valence-corrected chi connectivity index (χ0v) is 12.1. The number of carbonyl (C=O) groups excluding carboxylic acids is 1. The van der Waals surface area contributed by atoms with Crippen LogP contribution in [0.1, 0.15) is 9.75 Å². The highest BCUT2D eigenvalue weighted by Crippen LogP contribution is 2.39. The van der Waals surface area contributed by atoms with Gasteiger partial charge in [-0.3, -0.25) is 0 Å². The van der Waals surface area contributed by atoms with E-state index in [2.05, 4.69) is 15.9 Å². The number of carbonyl (C=O) groups is 1. The van der Waals surface area contributed by atoms with Crippen LogP contribution in [0.2, 0.25) is 0 Å². The molecule has 0 saturated carbocycles. The summed E-state index contributed by atoms with van der Waals surface area (Å²) in [4.78, 5) is 13.0. The van der Waals surface area contributed by atoms with Gasteiger partial charge < -0.3 is 9.84 Å². The molecule has 3 nitrogen and oxygen atoms in total. The molecule has 0 saturated heterocycles. The lowest BCUT2D eigenvalue weighted by Gasteiger charge is -2.22.